The van der Waals surface area contributed by atoms with E-state index in [2.05, 4.69) is 21.2 Å². The van der Waals surface area contributed by atoms with Crippen molar-refractivity contribution in [3.63, 3.8) is 0 Å². The fourth-order valence-electron chi connectivity index (χ4n) is 2.48. The minimum absolute atomic E-state index is 0. The number of hydrogen-bond acceptors (Lipinski definition) is 6. The summed E-state index contributed by atoms with van der Waals surface area (Å²) in [6.45, 7) is 1.78. The molecule has 0 spiro atoms. The van der Waals surface area contributed by atoms with Crippen LogP contribution in [0.15, 0.2) is 53.9 Å². The lowest BCUT2D eigenvalue weighted by Gasteiger charge is -2.08. The molecule has 2 aromatic carbocycles. The standard InChI is InChI=1S/C20H18N4O4S.BrH/c1-2-17(25)21-13-9-7-12(8-10-13)16-11-29-20(22-16)24-23-18(26)14-5-3-4-6-15(14)19(27)28;/h3-11H,2H2,1H3,(H,21,25)(H,22,24)(H,23,26)(H,27,28);1H. The Kier molecular flexibility index (Phi) is 8.07. The van der Waals surface area contributed by atoms with Gasteiger partial charge in [-0.05, 0) is 24.3 Å². The second kappa shape index (κ2) is 10.5. The molecule has 3 rings (SSSR count). The molecule has 156 valence electrons. The molecule has 0 atom stereocenters. The number of aromatic carboxylic acids is 1. The Bertz CT molecular complexity index is 1050. The summed E-state index contributed by atoms with van der Waals surface area (Å²) in [6, 6.07) is 13.2. The first-order valence-electron chi connectivity index (χ1n) is 8.72. The Hall–Kier alpha value is -3.24. The molecule has 4 N–H and O–H groups in total. The monoisotopic (exact) mass is 490 g/mol. The number of carbonyl (C=O) groups is 3. The molecule has 0 radical (unpaired) electrons. The largest absolute Gasteiger partial charge is 0.478 e. The Balaban J connectivity index is 0.00000320. The summed E-state index contributed by atoms with van der Waals surface area (Å²) >= 11 is 1.29. The van der Waals surface area contributed by atoms with Gasteiger partial charge in [0.05, 0.1) is 16.8 Å². The molecule has 2 amide bonds. The molecule has 0 saturated heterocycles. The van der Waals surface area contributed by atoms with Crippen molar-refractivity contribution in [2.24, 2.45) is 0 Å². The van der Waals surface area contributed by atoms with Crippen LogP contribution in [-0.2, 0) is 4.79 Å². The van der Waals surface area contributed by atoms with Gasteiger partial charge in [0.15, 0.2) is 0 Å². The highest BCUT2D eigenvalue weighted by Crippen LogP contribution is 2.25. The van der Waals surface area contributed by atoms with Gasteiger partial charge in [-0.2, -0.15) is 0 Å². The van der Waals surface area contributed by atoms with E-state index in [1.807, 2.05) is 17.5 Å². The number of halogens is 1. The maximum atomic E-state index is 12.3. The maximum absolute atomic E-state index is 12.3. The van der Waals surface area contributed by atoms with Gasteiger partial charge in [-0.3, -0.25) is 20.4 Å². The Morgan fingerprint density at radius 3 is 2.33 bits per heavy atom. The van der Waals surface area contributed by atoms with E-state index >= 15 is 0 Å². The molecule has 0 fully saturated rings. The second-order valence-electron chi connectivity index (χ2n) is 5.95. The number of carbonyl (C=O) groups excluding carboxylic acids is 2. The Morgan fingerprint density at radius 2 is 1.70 bits per heavy atom. The van der Waals surface area contributed by atoms with Gasteiger partial charge in [0.25, 0.3) is 5.91 Å². The zero-order valence-corrected chi connectivity index (χ0v) is 18.4. The van der Waals surface area contributed by atoms with E-state index in [4.69, 9.17) is 0 Å². The van der Waals surface area contributed by atoms with Crippen molar-refractivity contribution in [2.45, 2.75) is 13.3 Å². The van der Waals surface area contributed by atoms with Crippen molar-refractivity contribution in [3.05, 3.63) is 65.0 Å². The van der Waals surface area contributed by atoms with Crippen LogP contribution in [0.2, 0.25) is 0 Å². The summed E-state index contributed by atoms with van der Waals surface area (Å²) in [5.74, 6) is -1.81. The third-order valence-corrected chi connectivity index (χ3v) is 4.73. The van der Waals surface area contributed by atoms with Crippen molar-refractivity contribution in [3.8, 4) is 11.3 Å². The van der Waals surface area contributed by atoms with E-state index in [1.54, 1.807) is 31.2 Å². The molecule has 1 aromatic heterocycles. The average molecular weight is 491 g/mol. The SMILES string of the molecule is Br.CCC(=O)Nc1ccc(-c2csc(NNC(=O)c3ccccc3C(=O)O)n2)cc1. The minimum atomic E-state index is -1.18. The summed E-state index contributed by atoms with van der Waals surface area (Å²) in [5, 5.41) is 14.2. The van der Waals surface area contributed by atoms with Crippen molar-refractivity contribution in [1.82, 2.24) is 10.4 Å². The number of amides is 2. The molecule has 3 aromatic rings. The number of nitrogens with one attached hydrogen (secondary N) is 3. The van der Waals surface area contributed by atoms with Crippen molar-refractivity contribution in [2.75, 3.05) is 10.7 Å². The zero-order chi connectivity index (χ0) is 20.8. The number of hydrazine groups is 1. The number of anilines is 2. The van der Waals surface area contributed by atoms with Crippen LogP contribution in [0.3, 0.4) is 0 Å². The van der Waals surface area contributed by atoms with Crippen LogP contribution >= 0.6 is 28.3 Å². The summed E-state index contributed by atoms with van der Waals surface area (Å²) in [4.78, 5) is 39.3. The first kappa shape index (κ1) is 23.0. The number of nitrogens with zero attached hydrogens (tertiary/aromatic N) is 1. The van der Waals surface area contributed by atoms with E-state index < -0.39 is 11.9 Å². The van der Waals surface area contributed by atoms with Gasteiger partial charge in [-0.25, -0.2) is 9.78 Å². The van der Waals surface area contributed by atoms with Crippen LogP contribution < -0.4 is 16.2 Å². The molecule has 8 nitrogen and oxygen atoms in total. The highest BCUT2D eigenvalue weighted by molar-refractivity contribution is 8.93. The second-order valence-corrected chi connectivity index (χ2v) is 6.80. The Morgan fingerprint density at radius 1 is 1.03 bits per heavy atom. The van der Waals surface area contributed by atoms with Crippen molar-refractivity contribution < 1.29 is 19.5 Å². The first-order valence-corrected chi connectivity index (χ1v) is 9.60. The third kappa shape index (κ3) is 5.65. The van der Waals surface area contributed by atoms with E-state index in [-0.39, 0.29) is 34.0 Å². The lowest BCUT2D eigenvalue weighted by molar-refractivity contribution is -0.115. The van der Waals surface area contributed by atoms with Gasteiger partial charge in [-0.1, -0.05) is 31.2 Å². The molecule has 0 aliphatic heterocycles. The van der Waals surface area contributed by atoms with Crippen LogP contribution in [0.1, 0.15) is 34.1 Å². The van der Waals surface area contributed by atoms with E-state index in [0.717, 1.165) is 5.56 Å². The fraction of sp³-hybridized carbons (Fsp3) is 0.100. The van der Waals surface area contributed by atoms with Gasteiger partial charge in [0.1, 0.15) is 0 Å². The zero-order valence-electron chi connectivity index (χ0n) is 15.8. The molecule has 0 unspecified atom stereocenters. The predicted octanol–water partition coefficient (Wildman–Crippen LogP) is 4.19. The number of thiazole rings is 1. The predicted molar refractivity (Wildman–Crippen MR) is 121 cm³/mol. The number of hydrogen-bond donors (Lipinski definition) is 4. The summed E-state index contributed by atoms with van der Waals surface area (Å²) < 4.78 is 0. The topological polar surface area (TPSA) is 120 Å². The number of carboxylic acid groups (broad SMARTS) is 1. The lowest BCUT2D eigenvalue weighted by atomic mass is 10.1. The molecule has 0 aliphatic carbocycles. The molecular weight excluding hydrogens is 472 g/mol. The number of aromatic nitrogens is 1. The normalized spacial score (nSPS) is 9.90. The van der Waals surface area contributed by atoms with Gasteiger partial charge in [-0.15, -0.1) is 28.3 Å². The van der Waals surface area contributed by atoms with Crippen LogP contribution in [-0.4, -0.2) is 27.9 Å². The van der Waals surface area contributed by atoms with Crippen LogP contribution in [0.25, 0.3) is 11.3 Å². The van der Waals surface area contributed by atoms with Crippen molar-refractivity contribution in [1.29, 1.82) is 0 Å². The maximum Gasteiger partial charge on any atom is 0.336 e. The highest BCUT2D eigenvalue weighted by atomic mass is 79.9. The van der Waals surface area contributed by atoms with Gasteiger partial charge in [0, 0.05) is 23.1 Å². The van der Waals surface area contributed by atoms with E-state index in [0.29, 0.717) is 22.9 Å². The van der Waals surface area contributed by atoms with Crippen molar-refractivity contribution >= 4 is 56.9 Å². The van der Waals surface area contributed by atoms with Gasteiger partial charge >= 0.3 is 5.97 Å². The van der Waals surface area contributed by atoms with Gasteiger partial charge < -0.3 is 10.4 Å². The third-order valence-electron chi connectivity index (χ3n) is 3.97. The van der Waals surface area contributed by atoms with E-state index in [1.165, 1.54) is 23.5 Å². The lowest BCUT2D eigenvalue weighted by Crippen LogP contribution is -2.30. The van der Waals surface area contributed by atoms with Crippen LogP contribution in [0, 0.1) is 0 Å². The molecule has 0 saturated carbocycles. The molecule has 1 heterocycles. The van der Waals surface area contributed by atoms with Gasteiger partial charge in [0.2, 0.25) is 11.0 Å². The smallest absolute Gasteiger partial charge is 0.336 e. The molecule has 10 heteroatoms. The summed E-state index contributed by atoms with van der Waals surface area (Å²) in [5.41, 5.74) is 7.39. The van der Waals surface area contributed by atoms with E-state index in [9.17, 15) is 19.5 Å². The number of benzene rings is 2. The number of rotatable bonds is 7. The Labute approximate surface area is 187 Å². The first-order chi connectivity index (χ1) is 14.0. The minimum Gasteiger partial charge on any atom is -0.478 e. The molecule has 30 heavy (non-hydrogen) atoms. The molecule has 0 bridgehead atoms. The number of carboxylic acids is 1. The average Bonchev–Trinajstić information content (AvgIpc) is 3.21. The molecular formula is C20H19BrN4O4S. The summed E-state index contributed by atoms with van der Waals surface area (Å²) in [6.07, 6.45) is 0.408. The van der Waals surface area contributed by atoms with Crippen LogP contribution in [0.4, 0.5) is 10.8 Å². The summed E-state index contributed by atoms with van der Waals surface area (Å²) in [7, 11) is 0. The van der Waals surface area contributed by atoms with Crippen LogP contribution in [0.5, 0.6) is 0 Å². The molecule has 0 aliphatic rings. The quantitative estimate of drug-likeness (QED) is 0.368. The fourth-order valence-corrected chi connectivity index (χ4v) is 3.16. The highest BCUT2D eigenvalue weighted by Gasteiger charge is 2.16.